The molecule has 25 heavy (non-hydrogen) atoms. The molecule has 0 spiro atoms. The van der Waals surface area contributed by atoms with Crippen LogP contribution < -0.4 is 10.2 Å². The standard InChI is InChI=1S/C19H20ClN3O2/c1-22(12-14-5-3-2-4-6-14)19(25)21-16-11-18(24)23(13-16)17-9-7-15(20)8-10-17/h2-10,16H,11-13H2,1H3,(H,21,25)/t16-/m0/s1. The zero-order valence-electron chi connectivity index (χ0n) is 14.0. The van der Waals surface area contributed by atoms with Crippen molar-refractivity contribution >= 4 is 29.2 Å². The Labute approximate surface area is 152 Å². The van der Waals surface area contributed by atoms with Gasteiger partial charge < -0.3 is 15.1 Å². The number of hydrogen-bond acceptors (Lipinski definition) is 2. The lowest BCUT2D eigenvalue weighted by Crippen LogP contribution is -2.43. The molecule has 1 aliphatic rings. The number of nitrogens with one attached hydrogen (secondary N) is 1. The Balaban J connectivity index is 1.57. The number of amides is 3. The van der Waals surface area contributed by atoms with Gasteiger partial charge in [-0.15, -0.1) is 0 Å². The fourth-order valence-corrected chi connectivity index (χ4v) is 3.01. The van der Waals surface area contributed by atoms with Crippen molar-refractivity contribution < 1.29 is 9.59 Å². The number of hydrogen-bond donors (Lipinski definition) is 1. The quantitative estimate of drug-likeness (QED) is 0.912. The Bertz CT molecular complexity index is 749. The van der Waals surface area contributed by atoms with Crippen LogP contribution in [0.4, 0.5) is 10.5 Å². The number of rotatable bonds is 4. The van der Waals surface area contributed by atoms with Crippen molar-refractivity contribution in [3.8, 4) is 0 Å². The molecule has 1 heterocycles. The maximum atomic E-state index is 12.4. The molecular weight excluding hydrogens is 338 g/mol. The van der Waals surface area contributed by atoms with E-state index in [0.29, 0.717) is 24.5 Å². The smallest absolute Gasteiger partial charge is 0.317 e. The summed E-state index contributed by atoms with van der Waals surface area (Å²) in [7, 11) is 1.75. The van der Waals surface area contributed by atoms with Crippen molar-refractivity contribution in [2.24, 2.45) is 0 Å². The molecule has 2 aromatic rings. The SMILES string of the molecule is CN(Cc1ccccc1)C(=O)N[C@H]1CC(=O)N(c2ccc(Cl)cc2)C1. The lowest BCUT2D eigenvalue weighted by Gasteiger charge is -2.21. The highest BCUT2D eigenvalue weighted by Crippen LogP contribution is 2.23. The number of carbonyl (C=O) groups excluding carboxylic acids is 2. The molecule has 0 saturated carbocycles. The summed E-state index contributed by atoms with van der Waals surface area (Å²) < 4.78 is 0. The van der Waals surface area contributed by atoms with Crippen LogP contribution in [0.2, 0.25) is 5.02 Å². The summed E-state index contributed by atoms with van der Waals surface area (Å²) in [6.45, 7) is 0.986. The fourth-order valence-electron chi connectivity index (χ4n) is 2.89. The summed E-state index contributed by atoms with van der Waals surface area (Å²) in [5.41, 5.74) is 1.86. The maximum Gasteiger partial charge on any atom is 0.317 e. The minimum Gasteiger partial charge on any atom is -0.333 e. The third-order valence-electron chi connectivity index (χ3n) is 4.20. The highest BCUT2D eigenvalue weighted by Gasteiger charge is 2.32. The second kappa shape index (κ2) is 7.57. The van der Waals surface area contributed by atoms with Gasteiger partial charge in [-0.1, -0.05) is 41.9 Å². The van der Waals surface area contributed by atoms with Gasteiger partial charge in [0.2, 0.25) is 5.91 Å². The molecule has 0 aromatic heterocycles. The Morgan fingerprint density at radius 2 is 1.88 bits per heavy atom. The van der Waals surface area contributed by atoms with Gasteiger partial charge in [0.05, 0.1) is 6.04 Å². The second-order valence-corrected chi connectivity index (χ2v) is 6.61. The van der Waals surface area contributed by atoms with Crippen LogP contribution >= 0.6 is 11.6 Å². The normalized spacial score (nSPS) is 16.8. The average Bonchev–Trinajstić information content (AvgIpc) is 2.96. The van der Waals surface area contributed by atoms with Crippen LogP contribution in [0.15, 0.2) is 54.6 Å². The Hall–Kier alpha value is -2.53. The zero-order valence-corrected chi connectivity index (χ0v) is 14.7. The van der Waals surface area contributed by atoms with Gasteiger partial charge in [0, 0.05) is 37.3 Å². The molecule has 0 radical (unpaired) electrons. The van der Waals surface area contributed by atoms with Crippen molar-refractivity contribution in [1.29, 1.82) is 0 Å². The van der Waals surface area contributed by atoms with Crippen LogP contribution in [-0.4, -0.2) is 36.5 Å². The first-order valence-corrected chi connectivity index (χ1v) is 8.52. The highest BCUT2D eigenvalue weighted by atomic mass is 35.5. The minimum absolute atomic E-state index is 0.00154. The van der Waals surface area contributed by atoms with Crippen molar-refractivity contribution in [3.63, 3.8) is 0 Å². The lowest BCUT2D eigenvalue weighted by molar-refractivity contribution is -0.117. The monoisotopic (exact) mass is 357 g/mol. The van der Waals surface area contributed by atoms with E-state index >= 15 is 0 Å². The zero-order chi connectivity index (χ0) is 17.8. The Morgan fingerprint density at radius 1 is 1.20 bits per heavy atom. The molecule has 1 aliphatic heterocycles. The molecule has 1 atom stereocenters. The molecule has 0 bridgehead atoms. The fraction of sp³-hybridized carbons (Fsp3) is 0.263. The van der Waals surface area contributed by atoms with Crippen LogP contribution in [0.3, 0.4) is 0 Å². The second-order valence-electron chi connectivity index (χ2n) is 6.17. The van der Waals surface area contributed by atoms with Crippen LogP contribution in [0.25, 0.3) is 0 Å². The van der Waals surface area contributed by atoms with E-state index < -0.39 is 0 Å². The van der Waals surface area contributed by atoms with E-state index in [1.807, 2.05) is 42.5 Å². The predicted molar refractivity (Wildman–Crippen MR) is 98.7 cm³/mol. The van der Waals surface area contributed by atoms with E-state index in [0.717, 1.165) is 11.3 Å². The minimum atomic E-state index is -0.200. The molecule has 1 N–H and O–H groups in total. The summed E-state index contributed by atoms with van der Waals surface area (Å²) in [5, 5.41) is 3.57. The number of anilines is 1. The topological polar surface area (TPSA) is 52.7 Å². The van der Waals surface area contributed by atoms with Crippen LogP contribution in [0, 0.1) is 0 Å². The van der Waals surface area contributed by atoms with Gasteiger partial charge in [-0.05, 0) is 29.8 Å². The van der Waals surface area contributed by atoms with Gasteiger partial charge in [-0.2, -0.15) is 0 Å². The molecule has 3 amide bonds. The number of nitrogens with zero attached hydrogens (tertiary/aromatic N) is 2. The van der Waals surface area contributed by atoms with Gasteiger partial charge in [0.15, 0.2) is 0 Å². The van der Waals surface area contributed by atoms with Crippen molar-refractivity contribution in [3.05, 3.63) is 65.2 Å². The highest BCUT2D eigenvalue weighted by molar-refractivity contribution is 6.30. The van der Waals surface area contributed by atoms with Crippen molar-refractivity contribution in [2.75, 3.05) is 18.5 Å². The molecule has 1 saturated heterocycles. The van der Waals surface area contributed by atoms with Crippen LogP contribution in [-0.2, 0) is 11.3 Å². The van der Waals surface area contributed by atoms with E-state index in [2.05, 4.69) is 5.32 Å². The average molecular weight is 358 g/mol. The maximum absolute atomic E-state index is 12.4. The van der Waals surface area contributed by atoms with Gasteiger partial charge in [0.25, 0.3) is 0 Å². The van der Waals surface area contributed by atoms with E-state index in [9.17, 15) is 9.59 Å². The summed E-state index contributed by atoms with van der Waals surface area (Å²) in [6.07, 6.45) is 0.299. The number of benzene rings is 2. The van der Waals surface area contributed by atoms with E-state index in [4.69, 9.17) is 11.6 Å². The van der Waals surface area contributed by atoms with Gasteiger partial charge in [0.1, 0.15) is 0 Å². The molecule has 1 fully saturated rings. The molecular formula is C19H20ClN3O2. The molecule has 0 aliphatic carbocycles. The molecule has 130 valence electrons. The van der Waals surface area contributed by atoms with Crippen LogP contribution in [0.5, 0.6) is 0 Å². The van der Waals surface area contributed by atoms with Crippen molar-refractivity contribution in [1.82, 2.24) is 10.2 Å². The third kappa shape index (κ3) is 4.31. The van der Waals surface area contributed by atoms with Gasteiger partial charge in [-0.25, -0.2) is 4.79 Å². The lowest BCUT2D eigenvalue weighted by atomic mass is 10.2. The Kier molecular flexibility index (Phi) is 5.24. The van der Waals surface area contributed by atoms with E-state index in [1.54, 1.807) is 29.0 Å². The van der Waals surface area contributed by atoms with Gasteiger partial charge in [-0.3, -0.25) is 4.79 Å². The first kappa shape index (κ1) is 17.3. The van der Waals surface area contributed by atoms with E-state index in [-0.39, 0.29) is 18.0 Å². The first-order valence-electron chi connectivity index (χ1n) is 8.14. The summed E-state index contributed by atoms with van der Waals surface area (Å²) >= 11 is 5.89. The molecule has 0 unspecified atom stereocenters. The summed E-state index contributed by atoms with van der Waals surface area (Å²) in [6, 6.07) is 16.5. The third-order valence-corrected chi connectivity index (χ3v) is 4.45. The van der Waals surface area contributed by atoms with E-state index in [1.165, 1.54) is 0 Å². The predicted octanol–water partition coefficient (Wildman–Crippen LogP) is 3.29. The molecule has 5 nitrogen and oxygen atoms in total. The first-order chi connectivity index (χ1) is 12.0. The molecule has 3 rings (SSSR count). The van der Waals surface area contributed by atoms with Crippen molar-refractivity contribution in [2.45, 2.75) is 19.0 Å². The number of halogens is 1. The van der Waals surface area contributed by atoms with Crippen LogP contribution in [0.1, 0.15) is 12.0 Å². The molecule has 2 aromatic carbocycles. The molecule has 6 heteroatoms. The summed E-state index contributed by atoms with van der Waals surface area (Å²) in [5.74, 6) is -0.00154. The largest absolute Gasteiger partial charge is 0.333 e. The van der Waals surface area contributed by atoms with Gasteiger partial charge >= 0.3 is 6.03 Å². The number of urea groups is 1. The number of carbonyl (C=O) groups is 2. The Morgan fingerprint density at radius 3 is 2.56 bits per heavy atom. The summed E-state index contributed by atoms with van der Waals surface area (Å²) in [4.78, 5) is 27.9.